The van der Waals surface area contributed by atoms with Crippen molar-refractivity contribution >= 4 is 25.9 Å². The smallest absolute Gasteiger partial charge is 0.0809 e. The van der Waals surface area contributed by atoms with Gasteiger partial charge in [-0.2, -0.15) is 35.0 Å². The van der Waals surface area contributed by atoms with Crippen molar-refractivity contribution in [3.63, 3.8) is 0 Å². The second-order valence-electron chi connectivity index (χ2n) is 4.89. The minimum Gasteiger partial charge on any atom is -0.168 e. The van der Waals surface area contributed by atoms with E-state index in [0.717, 1.165) is 4.31 Å². The summed E-state index contributed by atoms with van der Waals surface area (Å²) >= 11 is -3.48. The first-order valence-corrected chi connectivity index (χ1v) is 9.47. The minimum absolute atomic E-state index is 1.00. The van der Waals surface area contributed by atoms with Crippen molar-refractivity contribution in [1.82, 2.24) is 0 Å². The Morgan fingerprint density at radius 1 is 0.739 bits per heavy atom. The van der Waals surface area contributed by atoms with Gasteiger partial charge in [0.15, 0.2) is 0 Å². The van der Waals surface area contributed by atoms with Crippen LogP contribution in [0, 0.1) is 0 Å². The largest absolute Gasteiger partial charge is 0.168 e. The maximum atomic E-state index is 10.9. The van der Waals surface area contributed by atoms with Crippen molar-refractivity contribution in [1.29, 1.82) is 0 Å². The molecule has 0 atom stereocenters. The fourth-order valence-electron chi connectivity index (χ4n) is 2.14. The molecule has 3 heteroatoms. The fraction of sp³-hybridized carbons (Fsp3) is 0.0500. The number of halogens is 2. The summed E-state index contributed by atoms with van der Waals surface area (Å²) in [5.74, 6) is 0. The van der Waals surface area contributed by atoms with Gasteiger partial charge in [-0.1, -0.05) is 12.1 Å². The Kier molecular flexibility index (Phi) is 7.05. The van der Waals surface area contributed by atoms with Crippen LogP contribution in [0.2, 0.25) is 0 Å². The average molecular weight is 344 g/mol. The SMILES string of the molecule is C[CH]=[Ti]([F])[F].c1ccc2[cH-]ccc2c1.c1ccc2[cH-]ccc2c1. The molecule has 0 radical (unpaired) electrons. The average Bonchev–Trinajstić information content (AvgIpc) is 3.24. The van der Waals surface area contributed by atoms with Crippen molar-refractivity contribution in [2.75, 3.05) is 0 Å². The predicted molar refractivity (Wildman–Crippen MR) is 93.0 cm³/mol. The topological polar surface area (TPSA) is 0 Å². The van der Waals surface area contributed by atoms with Gasteiger partial charge in [0.1, 0.15) is 0 Å². The molecule has 0 aromatic heterocycles. The van der Waals surface area contributed by atoms with Gasteiger partial charge in [0.25, 0.3) is 0 Å². The Hall–Kier alpha value is -1.90. The van der Waals surface area contributed by atoms with E-state index in [-0.39, 0.29) is 0 Å². The number of hydrogen-bond acceptors (Lipinski definition) is 0. The summed E-state index contributed by atoms with van der Waals surface area (Å²) in [5, 5.41) is 5.32. The van der Waals surface area contributed by atoms with Crippen LogP contribution < -0.4 is 0 Å². The van der Waals surface area contributed by atoms with Gasteiger partial charge in [0.05, 0.1) is 0 Å². The first kappa shape index (κ1) is 17.5. The summed E-state index contributed by atoms with van der Waals surface area (Å²) in [6.07, 6.45) is 0. The van der Waals surface area contributed by atoms with Crippen molar-refractivity contribution < 1.29 is 24.7 Å². The van der Waals surface area contributed by atoms with Crippen molar-refractivity contribution in [2.24, 2.45) is 0 Å². The molecule has 0 fully saturated rings. The molecule has 0 aliphatic heterocycles. The molecule has 0 aliphatic carbocycles. The second-order valence-corrected chi connectivity index (χ2v) is 6.69. The van der Waals surface area contributed by atoms with Crippen molar-refractivity contribution in [3.8, 4) is 0 Å². The van der Waals surface area contributed by atoms with Crippen molar-refractivity contribution in [2.45, 2.75) is 6.92 Å². The zero-order valence-corrected chi connectivity index (χ0v) is 14.5. The van der Waals surface area contributed by atoms with E-state index in [9.17, 15) is 6.18 Å². The Morgan fingerprint density at radius 2 is 1.13 bits per heavy atom. The molecule has 0 aliphatic rings. The molecule has 0 saturated carbocycles. The van der Waals surface area contributed by atoms with Gasteiger partial charge in [-0.3, -0.25) is 0 Å². The van der Waals surface area contributed by atoms with E-state index >= 15 is 0 Å². The Balaban J connectivity index is 0.000000132. The molecule has 0 nitrogen and oxygen atoms in total. The molecule has 4 rings (SSSR count). The third-order valence-corrected chi connectivity index (χ3v) is 3.99. The van der Waals surface area contributed by atoms with Gasteiger partial charge >= 0.3 is 35.9 Å². The van der Waals surface area contributed by atoms with Crippen molar-refractivity contribution in [3.05, 3.63) is 84.9 Å². The van der Waals surface area contributed by atoms with Gasteiger partial charge < -0.3 is 0 Å². The standard InChI is InChI=1S/2C9H7.C2H4.2FH.Ti/c2*1-2-5-9-7-3-6-8(9)4-1;1-2;;;/h2*1-7H;1H,2H3;2*1H;/q2*-1;;;;+2/p-2. The summed E-state index contributed by atoms with van der Waals surface area (Å²) in [5.41, 5.74) is 0. The van der Waals surface area contributed by atoms with E-state index in [1.54, 1.807) is 0 Å². The third kappa shape index (κ3) is 5.67. The first-order chi connectivity index (χ1) is 11.2. The van der Waals surface area contributed by atoms with Crippen LogP contribution >= 0.6 is 0 Å². The van der Waals surface area contributed by atoms with Crippen LogP contribution in [0.15, 0.2) is 84.9 Å². The van der Waals surface area contributed by atoms with Crippen LogP contribution in [-0.4, -0.2) is 4.31 Å². The zero-order chi connectivity index (χ0) is 16.5. The van der Waals surface area contributed by atoms with Crippen LogP contribution in [0.4, 0.5) is 6.18 Å². The normalized spacial score (nSPS) is 9.52. The first-order valence-electron chi connectivity index (χ1n) is 7.39. The quantitative estimate of drug-likeness (QED) is 0.259. The second kappa shape index (κ2) is 9.29. The minimum atomic E-state index is -3.48. The molecule has 0 unspecified atom stereocenters. The molecule has 0 spiro atoms. The van der Waals surface area contributed by atoms with Crippen LogP contribution in [0.1, 0.15) is 6.92 Å². The van der Waals surface area contributed by atoms with Gasteiger partial charge in [0, 0.05) is 0 Å². The zero-order valence-electron chi connectivity index (χ0n) is 12.9. The Bertz CT molecular complexity index is 741. The van der Waals surface area contributed by atoms with E-state index < -0.39 is 18.5 Å². The van der Waals surface area contributed by atoms with Gasteiger partial charge in [-0.25, -0.2) is 0 Å². The summed E-state index contributed by atoms with van der Waals surface area (Å²) in [6.45, 7) is 1.40. The molecule has 0 bridgehead atoms. The van der Waals surface area contributed by atoms with Crippen LogP contribution in [0.3, 0.4) is 0 Å². The summed E-state index contributed by atoms with van der Waals surface area (Å²) < 4.78 is 22.8. The van der Waals surface area contributed by atoms with E-state index in [2.05, 4.69) is 84.9 Å². The summed E-state index contributed by atoms with van der Waals surface area (Å²) in [6, 6.07) is 29.3. The molecular weight excluding hydrogens is 326 g/mol. The van der Waals surface area contributed by atoms with Gasteiger partial charge in [-0.05, 0) is 0 Å². The molecule has 118 valence electrons. The van der Waals surface area contributed by atoms with Gasteiger partial charge in [-0.15, -0.1) is 59.3 Å². The number of rotatable bonds is 0. The maximum Gasteiger partial charge on any atom is -0.0809 e. The molecule has 4 aromatic rings. The molecule has 0 saturated heterocycles. The maximum absolute atomic E-state index is 10.9. The van der Waals surface area contributed by atoms with Crippen LogP contribution in [0.25, 0.3) is 21.5 Å². The molecule has 0 amide bonds. The summed E-state index contributed by atoms with van der Waals surface area (Å²) in [7, 11) is 0. The number of fused-ring (bicyclic) bond motifs is 2. The molecule has 0 heterocycles. The monoisotopic (exact) mass is 344 g/mol. The Labute approximate surface area is 142 Å². The Morgan fingerprint density at radius 3 is 1.48 bits per heavy atom. The molecule has 4 aromatic carbocycles. The van der Waals surface area contributed by atoms with E-state index in [0.29, 0.717) is 0 Å². The van der Waals surface area contributed by atoms with Crippen LogP contribution in [0.5, 0.6) is 0 Å². The number of hydrogen-bond donors (Lipinski definition) is 0. The van der Waals surface area contributed by atoms with E-state index in [1.165, 1.54) is 28.5 Å². The van der Waals surface area contributed by atoms with E-state index in [4.69, 9.17) is 0 Å². The third-order valence-electron chi connectivity index (χ3n) is 3.31. The number of benzene rings is 2. The summed E-state index contributed by atoms with van der Waals surface area (Å²) in [4.78, 5) is 0. The molecular formula is C20H18F2Ti-2. The van der Waals surface area contributed by atoms with Crippen LogP contribution in [-0.2, 0) is 18.5 Å². The molecule has 23 heavy (non-hydrogen) atoms. The predicted octanol–water partition coefficient (Wildman–Crippen LogP) is 6.31. The fourth-order valence-corrected chi connectivity index (χ4v) is 2.14. The molecule has 0 N–H and O–H groups in total. The van der Waals surface area contributed by atoms with E-state index in [1.807, 2.05) is 0 Å². The van der Waals surface area contributed by atoms with Gasteiger partial charge in [0.2, 0.25) is 0 Å².